The van der Waals surface area contributed by atoms with Gasteiger partial charge in [-0.05, 0) is 29.7 Å². The first kappa shape index (κ1) is 18.4. The summed E-state index contributed by atoms with van der Waals surface area (Å²) in [7, 11) is 0. The second-order valence-corrected chi connectivity index (χ2v) is 10.7. The number of carboxylic acids is 1. The first-order valence-electron chi connectivity index (χ1n) is 9.97. The predicted octanol–water partition coefficient (Wildman–Crippen LogP) is 1.99. The number of aliphatic carboxylic acids is 1. The number of thiazole rings is 1. The van der Waals surface area contributed by atoms with Gasteiger partial charge in [0, 0.05) is 16.0 Å². The molecule has 1 saturated heterocycles. The van der Waals surface area contributed by atoms with Crippen molar-refractivity contribution in [1.82, 2.24) is 9.88 Å². The fraction of sp³-hybridized carbons (Fsp3) is 0.429. The van der Waals surface area contributed by atoms with Crippen LogP contribution in [0.15, 0.2) is 40.2 Å². The number of carbonyl (C=O) groups excluding carboxylic acids is 2. The van der Waals surface area contributed by atoms with Gasteiger partial charge < -0.3 is 10.1 Å². The van der Waals surface area contributed by atoms with E-state index in [2.05, 4.69) is 17.1 Å². The number of carboxylic acid groups (broad SMARTS) is 1. The van der Waals surface area contributed by atoms with E-state index >= 15 is 0 Å². The third-order valence-corrected chi connectivity index (χ3v) is 9.86. The minimum Gasteiger partial charge on any atom is -0.480 e. The van der Waals surface area contributed by atoms with Crippen LogP contribution in [0.1, 0.15) is 22.8 Å². The Morgan fingerprint density at radius 2 is 1.80 bits per heavy atom. The van der Waals surface area contributed by atoms with E-state index in [1.165, 1.54) is 11.3 Å². The molecule has 1 aromatic carbocycles. The van der Waals surface area contributed by atoms with Gasteiger partial charge in [-0.2, -0.15) is 0 Å². The van der Waals surface area contributed by atoms with Crippen molar-refractivity contribution in [2.45, 2.75) is 22.6 Å². The number of carbonyl (C=O) groups is 3. The van der Waals surface area contributed by atoms with Crippen molar-refractivity contribution in [3.8, 4) is 0 Å². The number of nitrogens with zero attached hydrogens (tertiary/aromatic N) is 1. The summed E-state index contributed by atoms with van der Waals surface area (Å²) < 4.78 is 0. The van der Waals surface area contributed by atoms with Crippen LogP contribution in [0.3, 0.4) is 0 Å². The number of nitrogens with one attached hydrogen (secondary N) is 1. The molecule has 7 nitrogen and oxygen atoms in total. The van der Waals surface area contributed by atoms with Crippen LogP contribution in [0.25, 0.3) is 0 Å². The van der Waals surface area contributed by atoms with Gasteiger partial charge in [-0.15, -0.1) is 11.8 Å². The van der Waals surface area contributed by atoms with Gasteiger partial charge in [-0.1, -0.05) is 41.7 Å². The lowest BCUT2D eigenvalue weighted by Crippen LogP contribution is -2.42. The summed E-state index contributed by atoms with van der Waals surface area (Å²) in [5, 5.41) is 10.2. The number of imide groups is 1. The molecule has 1 aromatic heterocycles. The Morgan fingerprint density at radius 3 is 2.50 bits per heavy atom. The van der Waals surface area contributed by atoms with Crippen LogP contribution in [0.2, 0.25) is 0 Å². The van der Waals surface area contributed by atoms with E-state index in [-0.39, 0.29) is 45.6 Å². The molecule has 9 heteroatoms. The van der Waals surface area contributed by atoms with Gasteiger partial charge in [-0.3, -0.25) is 24.1 Å². The van der Waals surface area contributed by atoms with Crippen LogP contribution in [-0.2, 0) is 14.4 Å². The molecule has 7 atom stereocenters. The number of aromatic nitrogens is 1. The van der Waals surface area contributed by atoms with Crippen molar-refractivity contribution in [3.63, 3.8) is 0 Å². The number of aromatic amines is 1. The predicted molar refractivity (Wildman–Crippen MR) is 109 cm³/mol. The first-order valence-corrected chi connectivity index (χ1v) is 11.7. The fourth-order valence-electron chi connectivity index (χ4n) is 6.40. The van der Waals surface area contributed by atoms with E-state index in [1.807, 2.05) is 18.2 Å². The number of benzene rings is 1. The van der Waals surface area contributed by atoms with Gasteiger partial charge in [0.15, 0.2) is 0 Å². The van der Waals surface area contributed by atoms with Crippen LogP contribution in [-0.4, -0.2) is 44.6 Å². The Morgan fingerprint density at radius 1 is 1.10 bits per heavy atom. The van der Waals surface area contributed by atoms with Gasteiger partial charge in [-0.25, -0.2) is 0 Å². The molecule has 2 aliphatic heterocycles. The molecule has 6 rings (SSSR count). The molecule has 2 bridgehead atoms. The molecular weight excluding hydrogens is 424 g/mol. The Labute approximate surface area is 179 Å². The van der Waals surface area contributed by atoms with Crippen LogP contribution < -0.4 is 4.87 Å². The first-order chi connectivity index (χ1) is 14.5. The normalized spacial score (nSPS) is 36.0. The van der Waals surface area contributed by atoms with Gasteiger partial charge in [0.25, 0.3) is 0 Å². The number of amides is 2. The molecule has 3 fully saturated rings. The van der Waals surface area contributed by atoms with E-state index in [1.54, 1.807) is 11.8 Å². The summed E-state index contributed by atoms with van der Waals surface area (Å²) >= 11 is 2.87. The highest BCUT2D eigenvalue weighted by Gasteiger charge is 2.69. The number of fused-ring (bicyclic) bond motifs is 9. The molecule has 2 aliphatic carbocycles. The Bertz CT molecular complexity index is 1140. The average molecular weight is 443 g/mol. The molecule has 30 heavy (non-hydrogen) atoms. The molecule has 2 N–H and O–H groups in total. The van der Waals surface area contributed by atoms with Crippen LogP contribution in [0, 0.1) is 29.6 Å². The largest absolute Gasteiger partial charge is 0.480 e. The highest BCUT2D eigenvalue weighted by molar-refractivity contribution is 8.00. The molecule has 2 saturated carbocycles. The summed E-state index contributed by atoms with van der Waals surface area (Å²) in [5.74, 6) is -2.52. The molecule has 0 unspecified atom stereocenters. The van der Waals surface area contributed by atoms with E-state index in [9.17, 15) is 19.2 Å². The minimum absolute atomic E-state index is 0.00350. The molecule has 0 radical (unpaired) electrons. The highest BCUT2D eigenvalue weighted by Crippen LogP contribution is 2.68. The molecule has 154 valence electrons. The van der Waals surface area contributed by atoms with E-state index in [4.69, 9.17) is 5.11 Å². The zero-order valence-corrected chi connectivity index (χ0v) is 17.3. The fourth-order valence-corrected chi connectivity index (χ4v) is 9.29. The van der Waals surface area contributed by atoms with E-state index in [0.717, 1.165) is 26.8 Å². The second kappa shape index (κ2) is 6.31. The summed E-state index contributed by atoms with van der Waals surface area (Å²) in [5.41, 5.74) is 1.12. The lowest BCUT2D eigenvalue weighted by atomic mass is 9.68. The van der Waals surface area contributed by atoms with Gasteiger partial charge in [0.05, 0.1) is 16.9 Å². The molecular formula is C21H18N2O5S2. The summed E-state index contributed by atoms with van der Waals surface area (Å²) in [6.45, 7) is -0.560. The van der Waals surface area contributed by atoms with Crippen molar-refractivity contribution in [2.75, 3.05) is 6.54 Å². The van der Waals surface area contributed by atoms with Gasteiger partial charge >= 0.3 is 10.8 Å². The van der Waals surface area contributed by atoms with Gasteiger partial charge in [0.2, 0.25) is 11.8 Å². The maximum Gasteiger partial charge on any atom is 0.323 e. The summed E-state index contributed by atoms with van der Waals surface area (Å²) in [6, 6.07) is 10.0. The quantitative estimate of drug-likeness (QED) is 0.704. The molecule has 2 aromatic rings. The highest BCUT2D eigenvalue weighted by atomic mass is 32.2. The van der Waals surface area contributed by atoms with Gasteiger partial charge in [0.1, 0.15) is 6.54 Å². The summed E-state index contributed by atoms with van der Waals surface area (Å²) in [6.07, 6.45) is 0.804. The number of hydrogen-bond donors (Lipinski definition) is 2. The van der Waals surface area contributed by atoms with Crippen molar-refractivity contribution >= 4 is 40.9 Å². The van der Waals surface area contributed by atoms with E-state index in [0.29, 0.717) is 0 Å². The molecule has 0 spiro atoms. The van der Waals surface area contributed by atoms with Crippen LogP contribution in [0.4, 0.5) is 0 Å². The smallest absolute Gasteiger partial charge is 0.323 e. The topological polar surface area (TPSA) is 108 Å². The lowest BCUT2D eigenvalue weighted by molar-refractivity contribution is -0.149. The molecule has 2 amide bonds. The minimum atomic E-state index is -1.17. The van der Waals surface area contributed by atoms with Crippen molar-refractivity contribution in [2.24, 2.45) is 29.6 Å². The Hall–Kier alpha value is -2.39. The lowest BCUT2D eigenvalue weighted by Gasteiger charge is -2.43. The number of thioether (sulfide) groups is 1. The molecule has 4 aliphatic rings. The van der Waals surface area contributed by atoms with E-state index < -0.39 is 24.3 Å². The van der Waals surface area contributed by atoms with Crippen molar-refractivity contribution in [1.29, 1.82) is 0 Å². The third-order valence-electron chi connectivity index (χ3n) is 7.27. The zero-order chi connectivity index (χ0) is 20.7. The Balaban J connectivity index is 1.45. The number of rotatable bonds is 3. The summed E-state index contributed by atoms with van der Waals surface area (Å²) in [4.78, 5) is 54.3. The van der Waals surface area contributed by atoms with Crippen molar-refractivity contribution < 1.29 is 19.5 Å². The maximum atomic E-state index is 13.1. The van der Waals surface area contributed by atoms with Crippen LogP contribution >= 0.6 is 23.1 Å². The number of hydrogen-bond acceptors (Lipinski definition) is 6. The van der Waals surface area contributed by atoms with Crippen LogP contribution in [0.5, 0.6) is 0 Å². The van der Waals surface area contributed by atoms with Crippen molar-refractivity contribution in [3.05, 3.63) is 50.4 Å². The number of likely N-dealkylation sites (tertiary alicyclic amines) is 1. The monoisotopic (exact) mass is 442 g/mol. The third kappa shape index (κ3) is 2.33. The zero-order valence-electron chi connectivity index (χ0n) is 15.7. The standard InChI is InChI=1S/C21H18N2O5S2/c24-11(25)7-23-19(26)14-9-6-10(15(14)20(23)27)16-13(9)12(8-4-2-1-3-5-8)17-18(29-16)22-21(28)30-17/h1-5,9-10,12-16H,6-7H2,(H,22,28)(H,24,25)/t9-,10-,12-,13-,14-,15+,16-/m1/s1. The maximum absolute atomic E-state index is 13.1. The molecule has 3 heterocycles. The number of H-pyrrole nitrogens is 1. The second-order valence-electron chi connectivity index (χ2n) is 8.53. The average Bonchev–Trinajstić information content (AvgIpc) is 3.44. The SMILES string of the molecule is O=C(O)CN1C(=O)[C@@H]2[C@@H]3C[C@@H]([C@H]4Sc5[nH]c(=O)sc5[C@H](c5ccccc5)[C@@H]34)[C@@H]2C1=O. The Kier molecular flexibility index (Phi) is 3.86.